The molecule has 0 aliphatic heterocycles. The second-order valence-corrected chi connectivity index (χ2v) is 6.56. The van der Waals surface area contributed by atoms with E-state index in [1.807, 2.05) is 42.0 Å². The van der Waals surface area contributed by atoms with Gasteiger partial charge in [0.15, 0.2) is 0 Å². The zero-order valence-electron chi connectivity index (χ0n) is 13.9. The number of hydrogen-bond acceptors (Lipinski definition) is 5. The largest absolute Gasteiger partial charge is 0.356 e. The number of carbonyl (C=O) groups excluding carboxylic acids is 1. The summed E-state index contributed by atoms with van der Waals surface area (Å²) >= 11 is 1.60. The number of amides is 1. The highest BCUT2D eigenvalue weighted by molar-refractivity contribution is 7.13. The third kappa shape index (κ3) is 5.46. The molecule has 25 heavy (non-hydrogen) atoms. The van der Waals surface area contributed by atoms with E-state index in [0.29, 0.717) is 13.0 Å². The lowest BCUT2D eigenvalue weighted by Crippen LogP contribution is -2.25. The maximum Gasteiger partial charge on any atom is 0.220 e. The highest BCUT2D eigenvalue weighted by atomic mass is 32.1. The minimum atomic E-state index is 0.0894. The molecule has 0 aliphatic carbocycles. The summed E-state index contributed by atoms with van der Waals surface area (Å²) in [6, 6.07) is 7.86. The van der Waals surface area contributed by atoms with E-state index in [1.54, 1.807) is 23.7 Å². The number of nitrogens with zero attached hydrogens (tertiary/aromatic N) is 3. The number of rotatable bonds is 8. The third-order valence-corrected chi connectivity index (χ3v) is 4.70. The van der Waals surface area contributed by atoms with Crippen molar-refractivity contribution in [2.75, 3.05) is 6.54 Å². The summed E-state index contributed by atoms with van der Waals surface area (Å²) in [6.45, 7) is 0.613. The van der Waals surface area contributed by atoms with Gasteiger partial charge < -0.3 is 5.32 Å². The molecule has 1 amide bonds. The number of carbonyl (C=O) groups is 1. The molecule has 3 heterocycles. The molecule has 6 heteroatoms. The lowest BCUT2D eigenvalue weighted by molar-refractivity contribution is -0.121. The standard InChI is InChI=1S/C19H20N4OS/c24-18(7-1-4-15-5-2-9-20-12-15)22-11-8-17-14-25-19(23-17)16-6-3-10-21-13-16/h2-3,5-6,9-10,12-14H,1,4,7-8,11H2,(H,22,24). The summed E-state index contributed by atoms with van der Waals surface area (Å²) in [4.78, 5) is 24.7. The Labute approximate surface area is 151 Å². The van der Waals surface area contributed by atoms with Crippen molar-refractivity contribution in [3.05, 3.63) is 65.7 Å². The number of hydrogen-bond donors (Lipinski definition) is 1. The molecular weight excluding hydrogens is 332 g/mol. The Balaban J connectivity index is 1.36. The second kappa shape index (κ2) is 9.03. The Bertz CT molecular complexity index is 789. The normalized spacial score (nSPS) is 10.6. The Hall–Kier alpha value is -2.60. The van der Waals surface area contributed by atoms with Gasteiger partial charge in [0.2, 0.25) is 5.91 Å². The van der Waals surface area contributed by atoms with Crippen LogP contribution in [0.3, 0.4) is 0 Å². The van der Waals surface area contributed by atoms with E-state index in [9.17, 15) is 4.79 Å². The van der Waals surface area contributed by atoms with Crippen molar-refractivity contribution in [3.8, 4) is 10.6 Å². The van der Waals surface area contributed by atoms with Crippen LogP contribution in [-0.4, -0.2) is 27.4 Å². The van der Waals surface area contributed by atoms with Crippen molar-refractivity contribution in [3.63, 3.8) is 0 Å². The molecule has 0 bridgehead atoms. The van der Waals surface area contributed by atoms with Gasteiger partial charge in [-0.2, -0.15) is 0 Å². The van der Waals surface area contributed by atoms with Crippen LogP contribution in [0.4, 0.5) is 0 Å². The van der Waals surface area contributed by atoms with Crippen LogP contribution >= 0.6 is 11.3 Å². The summed E-state index contributed by atoms with van der Waals surface area (Å²) in [5.74, 6) is 0.0894. The Morgan fingerprint density at radius 2 is 1.92 bits per heavy atom. The van der Waals surface area contributed by atoms with Crippen LogP contribution in [0.5, 0.6) is 0 Å². The van der Waals surface area contributed by atoms with Crippen molar-refractivity contribution < 1.29 is 4.79 Å². The smallest absolute Gasteiger partial charge is 0.220 e. The SMILES string of the molecule is O=C(CCCc1cccnc1)NCCc1csc(-c2cccnc2)n1. The first kappa shape index (κ1) is 17.2. The maximum absolute atomic E-state index is 11.9. The van der Waals surface area contributed by atoms with E-state index < -0.39 is 0 Å². The van der Waals surface area contributed by atoms with Gasteiger partial charge >= 0.3 is 0 Å². The van der Waals surface area contributed by atoms with E-state index in [0.717, 1.165) is 35.5 Å². The van der Waals surface area contributed by atoms with Crippen LogP contribution in [0.15, 0.2) is 54.4 Å². The van der Waals surface area contributed by atoms with Gasteiger partial charge in [0, 0.05) is 55.1 Å². The molecule has 0 aromatic carbocycles. The molecular formula is C19H20N4OS. The fourth-order valence-corrected chi connectivity index (χ4v) is 3.31. The first-order valence-electron chi connectivity index (χ1n) is 8.31. The molecule has 0 saturated carbocycles. The topological polar surface area (TPSA) is 67.8 Å². The van der Waals surface area contributed by atoms with Gasteiger partial charge in [-0.15, -0.1) is 11.3 Å². The lowest BCUT2D eigenvalue weighted by Gasteiger charge is -2.04. The predicted octanol–water partition coefficient (Wildman–Crippen LogP) is 3.28. The number of aryl methyl sites for hydroxylation is 1. The fourth-order valence-electron chi connectivity index (χ4n) is 2.46. The maximum atomic E-state index is 11.9. The quantitative estimate of drug-likeness (QED) is 0.675. The van der Waals surface area contributed by atoms with Crippen molar-refractivity contribution in [1.82, 2.24) is 20.3 Å². The van der Waals surface area contributed by atoms with Gasteiger partial charge in [-0.25, -0.2) is 4.98 Å². The predicted molar refractivity (Wildman–Crippen MR) is 99.2 cm³/mol. The summed E-state index contributed by atoms with van der Waals surface area (Å²) in [6.07, 6.45) is 10.2. The van der Waals surface area contributed by atoms with Gasteiger partial charge in [0.25, 0.3) is 0 Å². The minimum absolute atomic E-state index is 0.0894. The van der Waals surface area contributed by atoms with Crippen LogP contribution in [0, 0.1) is 0 Å². The molecule has 3 aromatic heterocycles. The average molecular weight is 352 g/mol. The Morgan fingerprint density at radius 1 is 1.08 bits per heavy atom. The summed E-state index contributed by atoms with van der Waals surface area (Å²) in [5.41, 5.74) is 3.19. The third-order valence-electron chi connectivity index (χ3n) is 3.76. The minimum Gasteiger partial charge on any atom is -0.356 e. The molecule has 128 valence electrons. The van der Waals surface area contributed by atoms with Crippen LogP contribution in [0.1, 0.15) is 24.1 Å². The first-order chi connectivity index (χ1) is 12.3. The second-order valence-electron chi connectivity index (χ2n) is 5.70. The van der Waals surface area contributed by atoms with E-state index >= 15 is 0 Å². The van der Waals surface area contributed by atoms with Crippen molar-refractivity contribution >= 4 is 17.2 Å². The Morgan fingerprint density at radius 3 is 2.68 bits per heavy atom. The van der Waals surface area contributed by atoms with Crippen LogP contribution in [0.2, 0.25) is 0 Å². The van der Waals surface area contributed by atoms with E-state index in [2.05, 4.69) is 20.3 Å². The average Bonchev–Trinajstić information content (AvgIpc) is 3.12. The molecule has 0 aliphatic rings. The van der Waals surface area contributed by atoms with Crippen molar-refractivity contribution in [2.45, 2.75) is 25.7 Å². The van der Waals surface area contributed by atoms with E-state index in [4.69, 9.17) is 0 Å². The fraction of sp³-hybridized carbons (Fsp3) is 0.263. The number of thiazole rings is 1. The zero-order valence-corrected chi connectivity index (χ0v) is 14.7. The highest BCUT2D eigenvalue weighted by Gasteiger charge is 2.06. The van der Waals surface area contributed by atoms with Crippen LogP contribution in [-0.2, 0) is 17.6 Å². The monoisotopic (exact) mass is 352 g/mol. The van der Waals surface area contributed by atoms with Gasteiger partial charge in [0.05, 0.1) is 5.69 Å². The van der Waals surface area contributed by atoms with Gasteiger partial charge in [0.1, 0.15) is 5.01 Å². The molecule has 0 radical (unpaired) electrons. The molecule has 0 saturated heterocycles. The van der Waals surface area contributed by atoms with E-state index in [1.165, 1.54) is 5.56 Å². The molecule has 0 atom stereocenters. The molecule has 0 spiro atoms. The molecule has 0 unspecified atom stereocenters. The molecule has 0 fully saturated rings. The lowest BCUT2D eigenvalue weighted by atomic mass is 10.1. The zero-order chi connectivity index (χ0) is 17.3. The number of nitrogens with one attached hydrogen (secondary N) is 1. The van der Waals surface area contributed by atoms with Crippen molar-refractivity contribution in [2.24, 2.45) is 0 Å². The summed E-state index contributed by atoms with van der Waals surface area (Å²) in [7, 11) is 0. The Kier molecular flexibility index (Phi) is 6.23. The van der Waals surface area contributed by atoms with E-state index in [-0.39, 0.29) is 5.91 Å². The van der Waals surface area contributed by atoms with Crippen LogP contribution in [0.25, 0.3) is 10.6 Å². The van der Waals surface area contributed by atoms with Gasteiger partial charge in [-0.1, -0.05) is 6.07 Å². The summed E-state index contributed by atoms with van der Waals surface area (Å²) in [5, 5.41) is 5.97. The summed E-state index contributed by atoms with van der Waals surface area (Å²) < 4.78 is 0. The first-order valence-corrected chi connectivity index (χ1v) is 9.19. The molecule has 5 nitrogen and oxygen atoms in total. The van der Waals surface area contributed by atoms with Gasteiger partial charge in [-0.05, 0) is 36.6 Å². The molecule has 3 aromatic rings. The number of aromatic nitrogens is 3. The van der Waals surface area contributed by atoms with Crippen molar-refractivity contribution in [1.29, 1.82) is 0 Å². The molecule has 3 rings (SSSR count). The van der Waals surface area contributed by atoms with Gasteiger partial charge in [-0.3, -0.25) is 14.8 Å². The van der Waals surface area contributed by atoms with Crippen LogP contribution < -0.4 is 5.32 Å². The number of pyridine rings is 2. The molecule has 1 N–H and O–H groups in total. The highest BCUT2D eigenvalue weighted by Crippen LogP contribution is 2.22.